The van der Waals surface area contributed by atoms with E-state index in [0.717, 1.165) is 18.4 Å². The van der Waals surface area contributed by atoms with Gasteiger partial charge in [-0.25, -0.2) is 4.39 Å². The van der Waals surface area contributed by atoms with Crippen molar-refractivity contribution in [1.82, 2.24) is 5.32 Å². The maximum absolute atomic E-state index is 13.1. The molecular formula is C13H17FN2O. The molecule has 2 rings (SSSR count). The van der Waals surface area contributed by atoms with Crippen LogP contribution in [0.5, 0.6) is 0 Å². The molecule has 3 nitrogen and oxygen atoms in total. The smallest absolute Gasteiger partial charge is 0.220 e. The molecule has 0 saturated heterocycles. The van der Waals surface area contributed by atoms with Crippen LogP contribution in [-0.4, -0.2) is 12.5 Å². The molecular weight excluding hydrogens is 219 g/mol. The van der Waals surface area contributed by atoms with E-state index in [1.165, 1.54) is 12.1 Å². The lowest BCUT2D eigenvalue weighted by Crippen LogP contribution is -2.35. The van der Waals surface area contributed by atoms with Gasteiger partial charge in [0, 0.05) is 6.42 Å². The first-order valence-electron chi connectivity index (χ1n) is 5.93. The van der Waals surface area contributed by atoms with Gasteiger partial charge in [0.25, 0.3) is 0 Å². The molecule has 1 aromatic carbocycles. The number of halogens is 1. The van der Waals surface area contributed by atoms with Crippen molar-refractivity contribution in [3.63, 3.8) is 0 Å². The normalized spacial score (nSPS) is 16.6. The number of amides is 1. The van der Waals surface area contributed by atoms with Gasteiger partial charge in [0.1, 0.15) is 5.82 Å². The van der Waals surface area contributed by atoms with Crippen LogP contribution in [0.1, 0.15) is 31.2 Å². The van der Waals surface area contributed by atoms with Crippen LogP contribution in [0.15, 0.2) is 24.3 Å². The van der Waals surface area contributed by atoms with Gasteiger partial charge in [0.05, 0.1) is 5.54 Å². The van der Waals surface area contributed by atoms with Gasteiger partial charge in [-0.1, -0.05) is 12.1 Å². The summed E-state index contributed by atoms with van der Waals surface area (Å²) >= 11 is 0. The second-order valence-electron chi connectivity index (χ2n) is 4.53. The molecule has 0 heterocycles. The van der Waals surface area contributed by atoms with E-state index in [2.05, 4.69) is 5.32 Å². The third-order valence-electron chi connectivity index (χ3n) is 3.11. The second-order valence-corrected chi connectivity index (χ2v) is 4.53. The maximum atomic E-state index is 13.1. The van der Waals surface area contributed by atoms with Gasteiger partial charge in [-0.3, -0.25) is 4.79 Å². The molecule has 0 aromatic heterocycles. The van der Waals surface area contributed by atoms with Crippen molar-refractivity contribution in [2.24, 2.45) is 5.73 Å². The lowest BCUT2D eigenvalue weighted by atomic mass is 10.0. The molecule has 1 amide bonds. The van der Waals surface area contributed by atoms with Crippen molar-refractivity contribution in [2.45, 2.75) is 31.2 Å². The third-order valence-corrected chi connectivity index (χ3v) is 3.11. The summed E-state index contributed by atoms with van der Waals surface area (Å²) in [5, 5.41) is 2.98. The number of rotatable bonds is 5. The Morgan fingerprint density at radius 1 is 1.47 bits per heavy atom. The highest BCUT2D eigenvalue weighted by Crippen LogP contribution is 2.45. The highest BCUT2D eigenvalue weighted by molar-refractivity contribution is 5.77. The first-order valence-corrected chi connectivity index (χ1v) is 5.93. The van der Waals surface area contributed by atoms with E-state index >= 15 is 0 Å². The SMILES string of the molecule is NCCCC(=O)NC1(c2cccc(F)c2)CC1. The number of benzene rings is 1. The highest BCUT2D eigenvalue weighted by atomic mass is 19.1. The minimum absolute atomic E-state index is 0.00258. The van der Waals surface area contributed by atoms with Crippen LogP contribution in [0.25, 0.3) is 0 Å². The summed E-state index contributed by atoms with van der Waals surface area (Å²) in [6.07, 6.45) is 2.88. The Labute approximate surface area is 100 Å². The molecule has 3 N–H and O–H groups in total. The molecule has 0 spiro atoms. The van der Waals surface area contributed by atoms with Crippen LogP contribution in [0, 0.1) is 5.82 Å². The van der Waals surface area contributed by atoms with Gasteiger partial charge in [0.15, 0.2) is 0 Å². The zero-order chi connectivity index (χ0) is 12.3. The van der Waals surface area contributed by atoms with Crippen LogP contribution >= 0.6 is 0 Å². The van der Waals surface area contributed by atoms with Crippen LogP contribution in [-0.2, 0) is 10.3 Å². The fraction of sp³-hybridized carbons (Fsp3) is 0.462. The second kappa shape index (κ2) is 4.84. The van der Waals surface area contributed by atoms with Crippen LogP contribution < -0.4 is 11.1 Å². The summed E-state index contributed by atoms with van der Waals surface area (Å²) in [6, 6.07) is 6.45. The molecule has 1 fully saturated rings. The number of nitrogens with one attached hydrogen (secondary N) is 1. The predicted octanol–water partition coefficient (Wildman–Crippen LogP) is 1.67. The zero-order valence-corrected chi connectivity index (χ0v) is 9.71. The number of hydrogen-bond acceptors (Lipinski definition) is 2. The quantitative estimate of drug-likeness (QED) is 0.817. The third kappa shape index (κ3) is 2.82. The Kier molecular flexibility index (Phi) is 3.43. The minimum Gasteiger partial charge on any atom is -0.347 e. The summed E-state index contributed by atoms with van der Waals surface area (Å²) in [5.74, 6) is -0.262. The van der Waals surface area contributed by atoms with Crippen molar-refractivity contribution in [2.75, 3.05) is 6.54 Å². The molecule has 1 aliphatic rings. The van der Waals surface area contributed by atoms with E-state index in [9.17, 15) is 9.18 Å². The summed E-state index contributed by atoms with van der Waals surface area (Å²) in [4.78, 5) is 11.7. The average molecular weight is 236 g/mol. The molecule has 0 aliphatic heterocycles. The summed E-state index contributed by atoms with van der Waals surface area (Å²) in [6.45, 7) is 0.514. The lowest BCUT2D eigenvalue weighted by Gasteiger charge is -2.18. The van der Waals surface area contributed by atoms with Crippen molar-refractivity contribution < 1.29 is 9.18 Å². The molecule has 4 heteroatoms. The molecule has 0 atom stereocenters. The zero-order valence-electron chi connectivity index (χ0n) is 9.71. The largest absolute Gasteiger partial charge is 0.347 e. The van der Waals surface area contributed by atoms with Crippen LogP contribution in [0.4, 0.5) is 4.39 Å². The van der Waals surface area contributed by atoms with Crippen LogP contribution in [0.2, 0.25) is 0 Å². The van der Waals surface area contributed by atoms with Gasteiger partial charge >= 0.3 is 0 Å². The predicted molar refractivity (Wildman–Crippen MR) is 63.7 cm³/mol. The molecule has 0 unspecified atom stereocenters. The first kappa shape index (κ1) is 12.0. The van der Waals surface area contributed by atoms with E-state index in [0.29, 0.717) is 19.4 Å². The Balaban J connectivity index is 2.02. The highest BCUT2D eigenvalue weighted by Gasteiger charge is 2.45. The topological polar surface area (TPSA) is 55.1 Å². The maximum Gasteiger partial charge on any atom is 0.220 e. The van der Waals surface area contributed by atoms with Gasteiger partial charge in [0.2, 0.25) is 5.91 Å². The monoisotopic (exact) mass is 236 g/mol. The molecule has 0 radical (unpaired) electrons. The van der Waals surface area contributed by atoms with E-state index in [1.807, 2.05) is 6.07 Å². The van der Waals surface area contributed by atoms with Crippen molar-refractivity contribution in [1.29, 1.82) is 0 Å². The van der Waals surface area contributed by atoms with E-state index in [-0.39, 0.29) is 17.3 Å². The number of carbonyl (C=O) groups excluding carboxylic acids is 1. The van der Waals surface area contributed by atoms with E-state index < -0.39 is 0 Å². The Morgan fingerprint density at radius 2 is 2.24 bits per heavy atom. The van der Waals surface area contributed by atoms with Gasteiger partial charge < -0.3 is 11.1 Å². The lowest BCUT2D eigenvalue weighted by molar-refractivity contribution is -0.122. The average Bonchev–Trinajstić information content (AvgIpc) is 3.07. The molecule has 1 aromatic rings. The Morgan fingerprint density at radius 3 is 2.82 bits per heavy atom. The molecule has 0 bridgehead atoms. The number of carbonyl (C=O) groups is 1. The fourth-order valence-corrected chi connectivity index (χ4v) is 1.99. The molecule has 92 valence electrons. The van der Waals surface area contributed by atoms with E-state index in [4.69, 9.17) is 5.73 Å². The van der Waals surface area contributed by atoms with E-state index in [1.54, 1.807) is 6.07 Å². The fourth-order valence-electron chi connectivity index (χ4n) is 1.99. The molecule has 1 saturated carbocycles. The van der Waals surface area contributed by atoms with Gasteiger partial charge in [-0.15, -0.1) is 0 Å². The summed E-state index contributed by atoms with van der Waals surface area (Å²) < 4.78 is 13.1. The Bertz CT molecular complexity index is 416. The van der Waals surface area contributed by atoms with Crippen molar-refractivity contribution in [3.05, 3.63) is 35.6 Å². The molecule has 1 aliphatic carbocycles. The van der Waals surface area contributed by atoms with Gasteiger partial charge in [-0.2, -0.15) is 0 Å². The minimum atomic E-state index is -0.326. The van der Waals surface area contributed by atoms with Crippen molar-refractivity contribution in [3.8, 4) is 0 Å². The number of hydrogen-bond donors (Lipinski definition) is 2. The van der Waals surface area contributed by atoms with Gasteiger partial charge in [-0.05, 0) is 43.5 Å². The first-order chi connectivity index (χ1) is 8.16. The van der Waals surface area contributed by atoms with Crippen molar-refractivity contribution >= 4 is 5.91 Å². The number of nitrogens with two attached hydrogens (primary N) is 1. The van der Waals surface area contributed by atoms with Crippen LogP contribution in [0.3, 0.4) is 0 Å². The molecule has 17 heavy (non-hydrogen) atoms. The standard InChI is InChI=1S/C13H17FN2O/c14-11-4-1-3-10(9-11)13(6-7-13)16-12(17)5-2-8-15/h1,3-4,9H,2,5-8,15H2,(H,16,17). The summed E-state index contributed by atoms with van der Waals surface area (Å²) in [7, 11) is 0. The summed E-state index contributed by atoms with van der Waals surface area (Å²) in [5.41, 5.74) is 5.89. The Hall–Kier alpha value is -1.42.